The zero-order valence-electron chi connectivity index (χ0n) is 17.8. The zero-order chi connectivity index (χ0) is 21.3. The maximum absolute atomic E-state index is 12.5. The van der Waals surface area contributed by atoms with Crippen molar-refractivity contribution < 1.29 is 23.8 Å². The fourth-order valence-electron chi connectivity index (χ4n) is 3.95. The predicted molar refractivity (Wildman–Crippen MR) is 112 cm³/mol. The van der Waals surface area contributed by atoms with E-state index in [1.165, 1.54) is 0 Å². The molecule has 0 bridgehead atoms. The molecule has 0 unspecified atom stereocenters. The molecule has 2 aromatic rings. The molecular weight excluding hydrogens is 372 g/mol. The Morgan fingerprint density at radius 2 is 1.93 bits per heavy atom. The van der Waals surface area contributed by atoms with Crippen LogP contribution < -0.4 is 4.90 Å². The third-order valence-electron chi connectivity index (χ3n) is 5.23. The number of fused-ring (bicyclic) bond motifs is 1. The van der Waals surface area contributed by atoms with Crippen LogP contribution >= 0.6 is 0 Å². The first-order chi connectivity index (χ1) is 13.6. The molecule has 1 aromatic carbocycles. The molecule has 1 fully saturated rings. The topological polar surface area (TPSA) is 83.2 Å². The molecule has 29 heavy (non-hydrogen) atoms. The maximum atomic E-state index is 12.5. The van der Waals surface area contributed by atoms with Crippen LogP contribution in [0.25, 0.3) is 11.0 Å². The van der Waals surface area contributed by atoms with E-state index in [1.54, 1.807) is 6.07 Å². The van der Waals surface area contributed by atoms with Gasteiger partial charge in [-0.15, -0.1) is 0 Å². The summed E-state index contributed by atoms with van der Waals surface area (Å²) in [6, 6.07) is 5.48. The summed E-state index contributed by atoms with van der Waals surface area (Å²) in [5, 5.41) is 10.2. The Bertz CT molecular complexity index is 904. The lowest BCUT2D eigenvalue weighted by molar-refractivity contribution is 0.0149. The molecule has 2 heterocycles. The fraction of sp³-hybridized carbons (Fsp3) is 0.545. The van der Waals surface area contributed by atoms with Crippen molar-refractivity contribution in [3.63, 3.8) is 0 Å². The number of aryl methyl sites for hydroxylation is 1. The predicted octanol–water partition coefficient (Wildman–Crippen LogP) is 4.67. The Balaban J connectivity index is 1.76. The minimum absolute atomic E-state index is 0.131. The average molecular weight is 402 g/mol. The standard InChI is InChI=1S/C22H30N2O5/c1-6-24(21(27)29-22(3,4)5)15-9-11-23(12-10-15)18-8-7-16(20(25)26)19-17(18)13-14(2)28-19/h7-8,13,15H,6,9-12H2,1-5H3,(H,25,26). The monoisotopic (exact) mass is 402 g/mol. The molecule has 1 saturated heterocycles. The first kappa shape index (κ1) is 21.0. The number of carboxylic acid groups (broad SMARTS) is 1. The molecule has 0 spiro atoms. The molecule has 1 aromatic heterocycles. The van der Waals surface area contributed by atoms with Crippen LogP contribution in [0.3, 0.4) is 0 Å². The third kappa shape index (κ3) is 4.49. The zero-order valence-corrected chi connectivity index (χ0v) is 17.8. The summed E-state index contributed by atoms with van der Waals surface area (Å²) in [6.45, 7) is 11.6. The number of carbonyl (C=O) groups excluding carboxylic acids is 1. The normalized spacial score (nSPS) is 15.6. The number of anilines is 1. The van der Waals surface area contributed by atoms with Crippen LogP contribution in [0.2, 0.25) is 0 Å². The highest BCUT2D eigenvalue weighted by molar-refractivity contribution is 6.05. The van der Waals surface area contributed by atoms with Crippen LogP contribution in [-0.2, 0) is 4.74 Å². The van der Waals surface area contributed by atoms with Crippen molar-refractivity contribution in [2.24, 2.45) is 0 Å². The highest BCUT2D eigenvalue weighted by Crippen LogP contribution is 2.34. The second-order valence-corrected chi connectivity index (χ2v) is 8.52. The number of amides is 1. The summed E-state index contributed by atoms with van der Waals surface area (Å²) in [5.41, 5.74) is 1.05. The van der Waals surface area contributed by atoms with Crippen molar-refractivity contribution in [2.75, 3.05) is 24.5 Å². The highest BCUT2D eigenvalue weighted by atomic mass is 16.6. The molecule has 1 N–H and O–H groups in total. The lowest BCUT2D eigenvalue weighted by atomic mass is 10.0. The lowest BCUT2D eigenvalue weighted by Crippen LogP contribution is -2.48. The number of benzene rings is 1. The van der Waals surface area contributed by atoms with E-state index < -0.39 is 11.6 Å². The molecule has 7 nitrogen and oxygen atoms in total. The quantitative estimate of drug-likeness (QED) is 0.800. The summed E-state index contributed by atoms with van der Waals surface area (Å²) in [7, 11) is 0. The molecule has 1 aliphatic rings. The van der Waals surface area contributed by atoms with Gasteiger partial charge in [-0.05, 0) is 65.7 Å². The number of piperidine rings is 1. The smallest absolute Gasteiger partial charge is 0.410 e. The number of ether oxygens (including phenoxy) is 1. The Morgan fingerprint density at radius 3 is 2.48 bits per heavy atom. The summed E-state index contributed by atoms with van der Waals surface area (Å²) >= 11 is 0. The van der Waals surface area contributed by atoms with Gasteiger partial charge in [0, 0.05) is 36.7 Å². The highest BCUT2D eigenvalue weighted by Gasteiger charge is 2.31. The van der Waals surface area contributed by atoms with E-state index in [0.717, 1.165) is 37.0 Å². The minimum atomic E-state index is -0.995. The van der Waals surface area contributed by atoms with Crippen LogP contribution in [0.1, 0.15) is 56.7 Å². The van der Waals surface area contributed by atoms with Crippen molar-refractivity contribution in [1.82, 2.24) is 4.90 Å². The summed E-state index contributed by atoms with van der Waals surface area (Å²) in [5.74, 6) is -0.308. The van der Waals surface area contributed by atoms with Gasteiger partial charge in [0.1, 0.15) is 16.9 Å². The number of aromatic carboxylic acids is 1. The molecule has 1 amide bonds. The second-order valence-electron chi connectivity index (χ2n) is 8.52. The van der Waals surface area contributed by atoms with E-state index in [4.69, 9.17) is 9.15 Å². The van der Waals surface area contributed by atoms with Crippen LogP contribution in [-0.4, -0.2) is 53.3 Å². The molecule has 7 heteroatoms. The summed E-state index contributed by atoms with van der Waals surface area (Å²) < 4.78 is 11.2. The summed E-state index contributed by atoms with van der Waals surface area (Å²) in [4.78, 5) is 28.1. The van der Waals surface area contributed by atoms with Gasteiger partial charge in [-0.3, -0.25) is 0 Å². The van der Waals surface area contributed by atoms with Gasteiger partial charge in [-0.25, -0.2) is 9.59 Å². The number of furan rings is 1. The van der Waals surface area contributed by atoms with Gasteiger partial charge >= 0.3 is 12.1 Å². The van der Waals surface area contributed by atoms with Crippen LogP contribution in [0.15, 0.2) is 22.6 Å². The van der Waals surface area contributed by atoms with Crippen molar-refractivity contribution in [2.45, 2.75) is 59.1 Å². The molecule has 0 atom stereocenters. The Hall–Kier alpha value is -2.70. The van der Waals surface area contributed by atoms with Crippen LogP contribution in [0.4, 0.5) is 10.5 Å². The van der Waals surface area contributed by atoms with Crippen molar-refractivity contribution >= 4 is 28.7 Å². The summed E-state index contributed by atoms with van der Waals surface area (Å²) in [6.07, 6.45) is 1.38. The number of hydrogen-bond donors (Lipinski definition) is 1. The van der Waals surface area contributed by atoms with E-state index in [2.05, 4.69) is 4.90 Å². The molecule has 3 rings (SSSR count). The van der Waals surface area contributed by atoms with Gasteiger partial charge in [0.25, 0.3) is 0 Å². The van der Waals surface area contributed by atoms with Gasteiger partial charge in [0.2, 0.25) is 0 Å². The van der Waals surface area contributed by atoms with Crippen LogP contribution in [0.5, 0.6) is 0 Å². The molecule has 1 aliphatic heterocycles. The van der Waals surface area contributed by atoms with E-state index in [0.29, 0.717) is 17.9 Å². The Kier molecular flexibility index (Phi) is 5.78. The van der Waals surface area contributed by atoms with Crippen molar-refractivity contribution in [1.29, 1.82) is 0 Å². The Morgan fingerprint density at radius 1 is 1.28 bits per heavy atom. The van der Waals surface area contributed by atoms with Crippen molar-refractivity contribution in [3.05, 3.63) is 29.5 Å². The molecule has 0 radical (unpaired) electrons. The third-order valence-corrected chi connectivity index (χ3v) is 5.23. The van der Waals surface area contributed by atoms with Gasteiger partial charge in [0.15, 0.2) is 5.58 Å². The van der Waals surface area contributed by atoms with Gasteiger partial charge in [0.05, 0.1) is 0 Å². The number of carboxylic acids is 1. The molecule has 0 aliphatic carbocycles. The first-order valence-electron chi connectivity index (χ1n) is 10.1. The Labute approximate surface area is 171 Å². The van der Waals surface area contributed by atoms with E-state index >= 15 is 0 Å². The maximum Gasteiger partial charge on any atom is 0.410 e. The average Bonchev–Trinajstić information content (AvgIpc) is 3.01. The van der Waals surface area contributed by atoms with Crippen molar-refractivity contribution in [3.8, 4) is 0 Å². The fourth-order valence-corrected chi connectivity index (χ4v) is 3.95. The molecule has 0 saturated carbocycles. The second kappa shape index (κ2) is 7.97. The number of carbonyl (C=O) groups is 2. The largest absolute Gasteiger partial charge is 0.478 e. The number of rotatable bonds is 4. The first-order valence-corrected chi connectivity index (χ1v) is 10.1. The van der Waals surface area contributed by atoms with Gasteiger partial charge in [-0.2, -0.15) is 0 Å². The van der Waals surface area contributed by atoms with Gasteiger partial charge in [-0.1, -0.05) is 0 Å². The molecular formula is C22H30N2O5. The van der Waals surface area contributed by atoms with E-state index in [-0.39, 0.29) is 17.7 Å². The lowest BCUT2D eigenvalue weighted by Gasteiger charge is -2.39. The van der Waals surface area contributed by atoms with Gasteiger partial charge < -0.3 is 24.1 Å². The van der Waals surface area contributed by atoms with E-state index in [9.17, 15) is 14.7 Å². The number of hydrogen-bond acceptors (Lipinski definition) is 5. The SMILES string of the molecule is CCN(C(=O)OC(C)(C)C)C1CCN(c2ccc(C(=O)O)c3oc(C)cc23)CC1. The molecule has 158 valence electrons. The number of nitrogens with zero attached hydrogens (tertiary/aromatic N) is 2. The van der Waals surface area contributed by atoms with Crippen LogP contribution in [0, 0.1) is 6.92 Å². The minimum Gasteiger partial charge on any atom is -0.478 e. The van der Waals surface area contributed by atoms with E-state index in [1.807, 2.05) is 51.7 Å².